The normalized spacial score (nSPS) is 18.4. The molecule has 2 atom stereocenters. The molecule has 0 spiro atoms. The van der Waals surface area contributed by atoms with Gasteiger partial charge in [0.05, 0.1) is 35.7 Å². The van der Waals surface area contributed by atoms with Crippen LogP contribution < -0.4 is 5.73 Å². The zero-order chi connectivity index (χ0) is 17.5. The molecule has 0 aliphatic carbocycles. The summed E-state index contributed by atoms with van der Waals surface area (Å²) in [4.78, 5) is 11.9. The smallest absolute Gasteiger partial charge is 0.220 e. The van der Waals surface area contributed by atoms with Crippen molar-refractivity contribution in [1.29, 1.82) is 0 Å². The molecule has 4 N–H and O–H groups in total. The molecular weight excluding hydrogens is 332 g/mol. The highest BCUT2D eigenvalue weighted by atomic mass is 35.5. The fraction of sp³-hybridized carbons (Fsp3) is 0.438. The van der Waals surface area contributed by atoms with E-state index in [0.29, 0.717) is 28.5 Å². The summed E-state index contributed by atoms with van der Waals surface area (Å²) in [6.45, 7) is 3.04. The van der Waals surface area contributed by atoms with E-state index in [4.69, 9.17) is 27.2 Å². The lowest BCUT2D eigenvalue weighted by Crippen LogP contribution is -2.21. The van der Waals surface area contributed by atoms with Gasteiger partial charge in [-0.3, -0.25) is 4.98 Å². The van der Waals surface area contributed by atoms with Crippen LogP contribution in [0.25, 0.3) is 11.3 Å². The van der Waals surface area contributed by atoms with Crippen molar-refractivity contribution in [2.45, 2.75) is 32.0 Å². The number of nitrogen functional groups attached to an aromatic ring is 1. The van der Waals surface area contributed by atoms with Gasteiger partial charge in [0.1, 0.15) is 0 Å². The quantitative estimate of drug-likeness (QED) is 0.757. The molecule has 0 aromatic carbocycles. The van der Waals surface area contributed by atoms with E-state index >= 15 is 0 Å². The molecule has 2 aromatic rings. The molecule has 3 rings (SSSR count). The van der Waals surface area contributed by atoms with Gasteiger partial charge in [0.2, 0.25) is 5.95 Å². The molecule has 3 heterocycles. The van der Waals surface area contributed by atoms with Crippen LogP contribution in [-0.2, 0) is 4.74 Å². The minimum absolute atomic E-state index is 0.145. The zero-order valence-electron chi connectivity index (χ0n) is 13.4. The first-order valence-electron chi connectivity index (χ1n) is 7.64. The Labute approximate surface area is 145 Å². The van der Waals surface area contributed by atoms with Crippen molar-refractivity contribution in [1.82, 2.24) is 15.0 Å². The van der Waals surface area contributed by atoms with Crippen molar-refractivity contribution in [2.24, 2.45) is 0 Å². The maximum absolute atomic E-state index is 9.49. The predicted molar refractivity (Wildman–Crippen MR) is 91.4 cm³/mol. The van der Waals surface area contributed by atoms with E-state index in [1.807, 2.05) is 0 Å². The number of halogens is 1. The summed E-state index contributed by atoms with van der Waals surface area (Å²) < 4.78 is 4.93. The molecule has 130 valence electrons. The number of ether oxygens (including phenoxy) is 1. The van der Waals surface area contributed by atoms with Gasteiger partial charge in [-0.1, -0.05) is 11.6 Å². The minimum Gasteiger partial charge on any atom is -0.391 e. The van der Waals surface area contributed by atoms with Gasteiger partial charge in [-0.15, -0.1) is 0 Å². The summed E-state index contributed by atoms with van der Waals surface area (Å²) in [7, 11) is 0. The van der Waals surface area contributed by atoms with E-state index in [0.717, 1.165) is 19.4 Å². The Hall–Kier alpha value is -1.80. The molecule has 7 nitrogen and oxygen atoms in total. The van der Waals surface area contributed by atoms with Crippen molar-refractivity contribution in [3.63, 3.8) is 0 Å². The Bertz CT molecular complexity index is 664. The number of hydrogen-bond donors (Lipinski definition) is 3. The Morgan fingerprint density at radius 1 is 1.38 bits per heavy atom. The fourth-order valence-electron chi connectivity index (χ4n) is 2.12. The molecule has 2 unspecified atom stereocenters. The molecule has 1 saturated heterocycles. The summed E-state index contributed by atoms with van der Waals surface area (Å²) in [5, 5.41) is 18.7. The summed E-state index contributed by atoms with van der Waals surface area (Å²) in [5.74, 6) is 0.145. The molecule has 1 aliphatic rings. The predicted octanol–water partition coefficient (Wildman–Crippen LogP) is 1.99. The number of anilines is 1. The second-order valence-corrected chi connectivity index (χ2v) is 5.89. The van der Waals surface area contributed by atoms with Gasteiger partial charge in [-0.2, -0.15) is 0 Å². The molecule has 0 saturated carbocycles. The molecule has 0 radical (unpaired) electrons. The van der Waals surface area contributed by atoms with Gasteiger partial charge in [-0.05, 0) is 31.4 Å². The molecule has 2 aromatic heterocycles. The third kappa shape index (κ3) is 5.38. The second kappa shape index (κ2) is 8.89. The second-order valence-electron chi connectivity index (χ2n) is 5.48. The van der Waals surface area contributed by atoms with Gasteiger partial charge in [0.25, 0.3) is 0 Å². The first kappa shape index (κ1) is 18.5. The van der Waals surface area contributed by atoms with Crippen LogP contribution in [0.15, 0.2) is 24.7 Å². The van der Waals surface area contributed by atoms with E-state index in [1.165, 1.54) is 6.20 Å². The maximum atomic E-state index is 9.49. The number of nitrogens with zero attached hydrogens (tertiary/aromatic N) is 3. The highest BCUT2D eigenvalue weighted by Crippen LogP contribution is 2.26. The summed E-state index contributed by atoms with van der Waals surface area (Å²) in [6, 6.07) is 1.77. The van der Waals surface area contributed by atoms with Crippen molar-refractivity contribution >= 4 is 17.5 Å². The number of hydrogen-bond acceptors (Lipinski definition) is 7. The van der Waals surface area contributed by atoms with Gasteiger partial charge in [0, 0.05) is 24.6 Å². The zero-order valence-corrected chi connectivity index (χ0v) is 14.1. The van der Waals surface area contributed by atoms with E-state index in [1.54, 1.807) is 25.4 Å². The third-order valence-corrected chi connectivity index (χ3v) is 3.69. The Kier molecular flexibility index (Phi) is 6.86. The van der Waals surface area contributed by atoms with Crippen LogP contribution in [0.1, 0.15) is 31.4 Å². The summed E-state index contributed by atoms with van der Waals surface area (Å²) in [5.41, 5.74) is 7.41. The molecule has 0 amide bonds. The van der Waals surface area contributed by atoms with Crippen molar-refractivity contribution in [2.75, 3.05) is 18.9 Å². The Morgan fingerprint density at radius 3 is 2.75 bits per heavy atom. The molecule has 24 heavy (non-hydrogen) atoms. The van der Waals surface area contributed by atoms with Crippen LogP contribution in [0.2, 0.25) is 5.02 Å². The number of aliphatic hydroxyl groups excluding tert-OH is 2. The van der Waals surface area contributed by atoms with E-state index in [-0.39, 0.29) is 12.1 Å². The Balaban J connectivity index is 0.000000249. The van der Waals surface area contributed by atoms with E-state index < -0.39 is 6.10 Å². The first-order chi connectivity index (χ1) is 11.5. The van der Waals surface area contributed by atoms with Gasteiger partial charge >= 0.3 is 0 Å². The summed E-state index contributed by atoms with van der Waals surface area (Å²) in [6.07, 6.45) is 5.79. The van der Waals surface area contributed by atoms with Gasteiger partial charge in [0.15, 0.2) is 0 Å². The van der Waals surface area contributed by atoms with E-state index in [9.17, 15) is 5.11 Å². The van der Waals surface area contributed by atoms with Gasteiger partial charge in [-0.25, -0.2) is 9.97 Å². The Morgan fingerprint density at radius 2 is 2.17 bits per heavy atom. The molecule has 1 aliphatic heterocycles. The van der Waals surface area contributed by atoms with Crippen molar-refractivity contribution in [3.8, 4) is 11.3 Å². The minimum atomic E-state index is -0.597. The highest BCUT2D eigenvalue weighted by Gasteiger charge is 2.10. The lowest BCUT2D eigenvalue weighted by Gasteiger charge is -2.15. The van der Waals surface area contributed by atoms with Gasteiger partial charge < -0.3 is 20.7 Å². The summed E-state index contributed by atoms with van der Waals surface area (Å²) >= 11 is 5.99. The molecular formula is C16H21ClN4O3. The number of rotatable bonds is 2. The molecule has 8 heteroatoms. The van der Waals surface area contributed by atoms with Crippen LogP contribution >= 0.6 is 11.6 Å². The highest BCUT2D eigenvalue weighted by molar-refractivity contribution is 6.32. The standard InChI is InChI=1S/C11H11ClN4O.C5H10O2/c1-6(17)7-2-8(4-14-3-7)10-9(12)5-15-11(13)16-10;6-5-2-1-3-7-4-5/h2-6,17H,1H3,(H2,13,15,16);5-6H,1-4H2. The van der Waals surface area contributed by atoms with Crippen LogP contribution in [0.5, 0.6) is 0 Å². The largest absolute Gasteiger partial charge is 0.391 e. The van der Waals surface area contributed by atoms with Crippen molar-refractivity contribution < 1.29 is 14.9 Å². The van der Waals surface area contributed by atoms with E-state index in [2.05, 4.69) is 15.0 Å². The van der Waals surface area contributed by atoms with Crippen LogP contribution in [0.3, 0.4) is 0 Å². The molecule has 0 bridgehead atoms. The van der Waals surface area contributed by atoms with Crippen molar-refractivity contribution in [3.05, 3.63) is 35.2 Å². The van der Waals surface area contributed by atoms with Crippen LogP contribution in [-0.4, -0.2) is 44.5 Å². The lowest BCUT2D eigenvalue weighted by molar-refractivity contribution is -0.00535. The number of aromatic nitrogens is 3. The topological polar surface area (TPSA) is 114 Å². The monoisotopic (exact) mass is 352 g/mol. The average molecular weight is 353 g/mol. The number of aliphatic hydroxyl groups is 2. The molecule has 1 fully saturated rings. The van der Waals surface area contributed by atoms with Crippen LogP contribution in [0.4, 0.5) is 5.95 Å². The maximum Gasteiger partial charge on any atom is 0.220 e. The average Bonchev–Trinajstić information content (AvgIpc) is 2.58. The fourth-order valence-corrected chi connectivity index (χ4v) is 2.32. The third-order valence-electron chi connectivity index (χ3n) is 3.41. The SMILES string of the molecule is CC(O)c1cncc(-c2nc(N)ncc2Cl)c1.OC1CCCOC1. The lowest BCUT2D eigenvalue weighted by atomic mass is 10.1. The number of pyridine rings is 1. The first-order valence-corrected chi connectivity index (χ1v) is 8.02. The number of nitrogens with two attached hydrogens (primary N) is 1. The van der Waals surface area contributed by atoms with Crippen LogP contribution in [0, 0.1) is 0 Å².